The molecule has 20 heavy (non-hydrogen) atoms. The van der Waals surface area contributed by atoms with Crippen LogP contribution in [0.5, 0.6) is 0 Å². The van der Waals surface area contributed by atoms with Gasteiger partial charge in [0.2, 0.25) is 0 Å². The standard InChI is InChI=1S/C13H9N5OS/c19-13(10-3-5-14-6-4-10)16-15-8-9-1-2-11-12(7-9)18-20-17-11/h1-8H,(H,16,19)/b15-8+. The molecule has 0 unspecified atom stereocenters. The summed E-state index contributed by atoms with van der Waals surface area (Å²) >= 11 is 1.17. The molecule has 0 aliphatic carbocycles. The molecule has 2 aromatic heterocycles. The zero-order valence-electron chi connectivity index (χ0n) is 10.2. The van der Waals surface area contributed by atoms with Crippen molar-refractivity contribution in [3.8, 4) is 0 Å². The number of benzene rings is 1. The van der Waals surface area contributed by atoms with E-state index in [2.05, 4.69) is 24.3 Å². The van der Waals surface area contributed by atoms with Gasteiger partial charge in [0.1, 0.15) is 11.0 Å². The molecule has 2 heterocycles. The number of nitrogens with one attached hydrogen (secondary N) is 1. The number of hydrogen-bond acceptors (Lipinski definition) is 6. The van der Waals surface area contributed by atoms with E-state index in [0.717, 1.165) is 16.6 Å². The van der Waals surface area contributed by atoms with Crippen molar-refractivity contribution < 1.29 is 4.79 Å². The van der Waals surface area contributed by atoms with Gasteiger partial charge in [-0.3, -0.25) is 9.78 Å². The van der Waals surface area contributed by atoms with E-state index >= 15 is 0 Å². The molecule has 98 valence electrons. The minimum absolute atomic E-state index is 0.278. The number of amides is 1. The van der Waals surface area contributed by atoms with Crippen LogP contribution < -0.4 is 5.43 Å². The van der Waals surface area contributed by atoms with Crippen molar-refractivity contribution in [2.45, 2.75) is 0 Å². The van der Waals surface area contributed by atoms with E-state index < -0.39 is 0 Å². The number of aromatic nitrogens is 3. The van der Waals surface area contributed by atoms with Crippen LogP contribution in [-0.2, 0) is 0 Å². The third-order valence-electron chi connectivity index (χ3n) is 2.60. The molecule has 0 atom stereocenters. The number of carbonyl (C=O) groups excluding carboxylic acids is 1. The third-order valence-corrected chi connectivity index (χ3v) is 3.16. The summed E-state index contributed by atoms with van der Waals surface area (Å²) in [6.45, 7) is 0. The van der Waals surface area contributed by atoms with E-state index in [4.69, 9.17) is 0 Å². The first kappa shape index (κ1) is 12.4. The number of rotatable bonds is 3. The monoisotopic (exact) mass is 283 g/mol. The van der Waals surface area contributed by atoms with E-state index in [9.17, 15) is 4.79 Å². The third kappa shape index (κ3) is 2.67. The van der Waals surface area contributed by atoms with Crippen LogP contribution in [0, 0.1) is 0 Å². The fourth-order valence-electron chi connectivity index (χ4n) is 1.61. The molecule has 0 radical (unpaired) electrons. The lowest BCUT2D eigenvalue weighted by molar-refractivity contribution is 0.0955. The largest absolute Gasteiger partial charge is 0.271 e. The molecule has 3 aromatic rings. The molecule has 0 saturated heterocycles. The molecule has 1 N–H and O–H groups in total. The first-order chi connectivity index (χ1) is 9.83. The summed E-state index contributed by atoms with van der Waals surface area (Å²) < 4.78 is 8.26. The maximum absolute atomic E-state index is 11.7. The summed E-state index contributed by atoms with van der Waals surface area (Å²) in [6.07, 6.45) is 4.68. The Morgan fingerprint density at radius 3 is 2.80 bits per heavy atom. The maximum Gasteiger partial charge on any atom is 0.271 e. The number of carbonyl (C=O) groups is 1. The molecule has 0 spiro atoms. The second-order valence-corrected chi connectivity index (χ2v) is 4.48. The van der Waals surface area contributed by atoms with Crippen molar-refractivity contribution in [2.24, 2.45) is 5.10 Å². The van der Waals surface area contributed by atoms with Gasteiger partial charge in [-0.25, -0.2) is 5.43 Å². The summed E-state index contributed by atoms with van der Waals surface area (Å²) in [5.74, 6) is -0.278. The van der Waals surface area contributed by atoms with Crippen LogP contribution >= 0.6 is 11.7 Å². The van der Waals surface area contributed by atoms with Crippen LogP contribution in [-0.4, -0.2) is 25.9 Å². The molecule has 1 aromatic carbocycles. The molecule has 0 saturated carbocycles. The number of hydrogen-bond donors (Lipinski definition) is 1. The van der Waals surface area contributed by atoms with Crippen LogP contribution in [0.3, 0.4) is 0 Å². The average molecular weight is 283 g/mol. The quantitative estimate of drug-likeness (QED) is 0.587. The normalized spacial score (nSPS) is 11.0. The summed E-state index contributed by atoms with van der Waals surface area (Å²) in [7, 11) is 0. The highest BCUT2D eigenvalue weighted by Gasteiger charge is 2.02. The molecule has 0 aliphatic heterocycles. The fraction of sp³-hybridized carbons (Fsp3) is 0. The van der Waals surface area contributed by atoms with Gasteiger partial charge in [-0.05, 0) is 29.8 Å². The molecule has 1 amide bonds. The van der Waals surface area contributed by atoms with Crippen molar-refractivity contribution in [1.82, 2.24) is 19.2 Å². The predicted octanol–water partition coefficient (Wildman–Crippen LogP) is 1.85. The zero-order valence-corrected chi connectivity index (χ0v) is 11.0. The highest BCUT2D eigenvalue weighted by Crippen LogP contribution is 2.12. The second kappa shape index (κ2) is 5.54. The highest BCUT2D eigenvalue weighted by molar-refractivity contribution is 7.00. The van der Waals surface area contributed by atoms with Gasteiger partial charge in [0.25, 0.3) is 5.91 Å². The lowest BCUT2D eigenvalue weighted by Gasteiger charge is -1.98. The molecule has 0 aliphatic rings. The Kier molecular flexibility index (Phi) is 3.42. The Morgan fingerprint density at radius 2 is 1.95 bits per heavy atom. The molecule has 0 fully saturated rings. The maximum atomic E-state index is 11.7. The Balaban J connectivity index is 1.69. The first-order valence-corrected chi connectivity index (χ1v) is 6.52. The van der Waals surface area contributed by atoms with Gasteiger partial charge in [-0.15, -0.1) is 0 Å². The molecule has 6 nitrogen and oxygen atoms in total. The summed E-state index contributed by atoms with van der Waals surface area (Å²) in [6, 6.07) is 8.84. The molecular weight excluding hydrogens is 274 g/mol. The van der Waals surface area contributed by atoms with Gasteiger partial charge in [-0.1, -0.05) is 6.07 Å². The lowest BCUT2D eigenvalue weighted by atomic mass is 10.2. The number of fused-ring (bicyclic) bond motifs is 1. The Morgan fingerprint density at radius 1 is 1.15 bits per heavy atom. The Bertz CT molecular complexity index is 769. The van der Waals surface area contributed by atoms with Crippen molar-refractivity contribution in [1.29, 1.82) is 0 Å². The van der Waals surface area contributed by atoms with Gasteiger partial charge in [0, 0.05) is 18.0 Å². The fourth-order valence-corrected chi connectivity index (χ4v) is 2.13. The van der Waals surface area contributed by atoms with Gasteiger partial charge in [0.05, 0.1) is 17.9 Å². The van der Waals surface area contributed by atoms with Gasteiger partial charge < -0.3 is 0 Å². The smallest absolute Gasteiger partial charge is 0.267 e. The van der Waals surface area contributed by atoms with Crippen LogP contribution in [0.25, 0.3) is 11.0 Å². The molecule has 7 heteroatoms. The summed E-state index contributed by atoms with van der Waals surface area (Å²) in [5, 5.41) is 3.92. The van der Waals surface area contributed by atoms with E-state index in [1.54, 1.807) is 30.7 Å². The number of hydrazone groups is 1. The first-order valence-electron chi connectivity index (χ1n) is 5.79. The Hall–Kier alpha value is -2.67. The van der Waals surface area contributed by atoms with E-state index in [-0.39, 0.29) is 5.91 Å². The zero-order chi connectivity index (χ0) is 13.8. The average Bonchev–Trinajstić information content (AvgIpc) is 2.95. The Labute approximate surface area is 118 Å². The second-order valence-electron chi connectivity index (χ2n) is 3.95. The number of nitrogens with zero attached hydrogens (tertiary/aromatic N) is 4. The van der Waals surface area contributed by atoms with Crippen molar-refractivity contribution in [2.75, 3.05) is 0 Å². The minimum atomic E-state index is -0.278. The highest BCUT2D eigenvalue weighted by atomic mass is 32.1. The molecular formula is C13H9N5OS. The van der Waals surface area contributed by atoms with Crippen molar-refractivity contribution in [3.63, 3.8) is 0 Å². The van der Waals surface area contributed by atoms with Gasteiger partial charge in [0.15, 0.2) is 0 Å². The van der Waals surface area contributed by atoms with Crippen molar-refractivity contribution in [3.05, 3.63) is 53.9 Å². The summed E-state index contributed by atoms with van der Waals surface area (Å²) in [5.41, 5.74) is 5.49. The number of pyridine rings is 1. The lowest BCUT2D eigenvalue weighted by Crippen LogP contribution is -2.17. The van der Waals surface area contributed by atoms with Gasteiger partial charge in [-0.2, -0.15) is 13.8 Å². The van der Waals surface area contributed by atoms with E-state index in [0.29, 0.717) is 5.56 Å². The summed E-state index contributed by atoms with van der Waals surface area (Å²) in [4.78, 5) is 15.6. The van der Waals surface area contributed by atoms with E-state index in [1.165, 1.54) is 11.7 Å². The van der Waals surface area contributed by atoms with Crippen LogP contribution in [0.1, 0.15) is 15.9 Å². The van der Waals surface area contributed by atoms with Crippen LogP contribution in [0.2, 0.25) is 0 Å². The van der Waals surface area contributed by atoms with E-state index in [1.807, 2.05) is 18.2 Å². The van der Waals surface area contributed by atoms with Crippen molar-refractivity contribution >= 4 is 34.9 Å². The SMILES string of the molecule is O=C(N/N=C/c1ccc2nsnc2c1)c1ccncc1. The van der Waals surface area contributed by atoms with Crippen LogP contribution in [0.15, 0.2) is 47.8 Å². The van der Waals surface area contributed by atoms with Gasteiger partial charge >= 0.3 is 0 Å². The molecule has 3 rings (SSSR count). The molecule has 0 bridgehead atoms. The topological polar surface area (TPSA) is 80.1 Å². The minimum Gasteiger partial charge on any atom is -0.267 e. The predicted molar refractivity (Wildman–Crippen MR) is 76.7 cm³/mol. The van der Waals surface area contributed by atoms with Crippen LogP contribution in [0.4, 0.5) is 0 Å².